The predicted molar refractivity (Wildman–Crippen MR) is 79.6 cm³/mol. The first-order valence-electron chi connectivity index (χ1n) is 6.18. The number of nitrogens with two attached hydrogens (primary N) is 1. The first-order valence-corrected chi connectivity index (χ1v) is 6.94. The van der Waals surface area contributed by atoms with E-state index in [1.165, 1.54) is 0 Å². The van der Waals surface area contributed by atoms with Crippen molar-refractivity contribution in [3.8, 4) is 0 Å². The van der Waals surface area contributed by atoms with Gasteiger partial charge in [0.25, 0.3) is 0 Å². The molecule has 0 saturated heterocycles. The Hall–Kier alpha value is -0.840. The fourth-order valence-electron chi connectivity index (χ4n) is 1.85. The quantitative estimate of drug-likeness (QED) is 0.820. The molecule has 3 N–H and O–H groups in total. The zero-order valence-electron chi connectivity index (χ0n) is 11.3. The lowest BCUT2D eigenvalue weighted by Gasteiger charge is -2.18. The Labute approximate surface area is 123 Å². The zero-order chi connectivity index (χ0) is 14.6. The van der Waals surface area contributed by atoms with Crippen molar-refractivity contribution in [3.63, 3.8) is 0 Å². The normalized spacial score (nSPS) is 12.6. The first kappa shape index (κ1) is 16.2. The Balaban J connectivity index is 2.87. The molecule has 1 rings (SSSR count). The number of pyridine rings is 1. The molecule has 0 fully saturated rings. The van der Waals surface area contributed by atoms with E-state index >= 15 is 0 Å². The summed E-state index contributed by atoms with van der Waals surface area (Å²) >= 11 is 11.8. The Bertz CT molecular complexity index is 440. The molecule has 1 heterocycles. The molecule has 1 aromatic heterocycles. The van der Waals surface area contributed by atoms with E-state index in [2.05, 4.69) is 24.1 Å². The van der Waals surface area contributed by atoms with Crippen molar-refractivity contribution in [2.45, 2.75) is 27.2 Å². The van der Waals surface area contributed by atoms with Crippen LogP contribution in [0.15, 0.2) is 6.07 Å². The zero-order valence-corrected chi connectivity index (χ0v) is 12.8. The second-order valence-electron chi connectivity index (χ2n) is 4.98. The van der Waals surface area contributed by atoms with Crippen molar-refractivity contribution >= 4 is 34.8 Å². The van der Waals surface area contributed by atoms with Crippen molar-refractivity contribution in [1.29, 1.82) is 0 Å². The number of carbonyl (C=O) groups is 1. The fourth-order valence-corrected chi connectivity index (χ4v) is 2.43. The number of amides is 1. The summed E-state index contributed by atoms with van der Waals surface area (Å²) in [6.45, 7) is 6.23. The van der Waals surface area contributed by atoms with Crippen LogP contribution >= 0.6 is 23.2 Å². The van der Waals surface area contributed by atoms with Crippen LogP contribution in [0.5, 0.6) is 0 Å². The largest absolute Gasteiger partial charge is 0.330 e. The smallest absolute Gasteiger partial charge is 0.228 e. The molecule has 19 heavy (non-hydrogen) atoms. The maximum atomic E-state index is 12.2. The lowest BCUT2D eigenvalue weighted by atomic mass is 9.96. The molecule has 1 unspecified atom stereocenters. The van der Waals surface area contributed by atoms with Crippen LogP contribution in [0, 0.1) is 18.8 Å². The van der Waals surface area contributed by atoms with Crippen LogP contribution in [-0.4, -0.2) is 17.4 Å². The van der Waals surface area contributed by atoms with Crippen molar-refractivity contribution in [1.82, 2.24) is 4.98 Å². The van der Waals surface area contributed by atoms with Gasteiger partial charge < -0.3 is 11.1 Å². The van der Waals surface area contributed by atoms with Gasteiger partial charge in [-0.15, -0.1) is 0 Å². The number of aromatic nitrogens is 1. The third kappa shape index (κ3) is 4.64. The average Bonchev–Trinajstić information content (AvgIpc) is 2.30. The third-order valence-corrected chi connectivity index (χ3v) is 3.27. The molecule has 6 heteroatoms. The third-order valence-electron chi connectivity index (χ3n) is 2.80. The van der Waals surface area contributed by atoms with Crippen LogP contribution in [0.25, 0.3) is 0 Å². The van der Waals surface area contributed by atoms with E-state index in [-0.39, 0.29) is 17.0 Å². The average molecular weight is 304 g/mol. The molecule has 0 aliphatic rings. The minimum absolute atomic E-state index is 0.134. The summed E-state index contributed by atoms with van der Waals surface area (Å²) in [5, 5.41) is 3.29. The van der Waals surface area contributed by atoms with Crippen LogP contribution in [0.3, 0.4) is 0 Å². The van der Waals surface area contributed by atoms with Crippen molar-refractivity contribution in [2.75, 3.05) is 11.9 Å². The van der Waals surface area contributed by atoms with Gasteiger partial charge in [0.1, 0.15) is 5.15 Å². The van der Waals surface area contributed by atoms with E-state index in [1.807, 2.05) is 6.92 Å². The standard InChI is InChI=1S/C13H19Cl2N3O/c1-7(2)4-9(6-16)13(19)18-11-8(3)5-10(14)17-12(11)15/h5,7,9H,4,6,16H2,1-3H3,(H,18,19). The summed E-state index contributed by atoms with van der Waals surface area (Å²) in [5.41, 5.74) is 6.92. The number of nitrogens with zero attached hydrogens (tertiary/aromatic N) is 1. The fraction of sp³-hybridized carbons (Fsp3) is 0.538. The maximum Gasteiger partial charge on any atom is 0.228 e. The second-order valence-corrected chi connectivity index (χ2v) is 5.72. The van der Waals surface area contributed by atoms with Gasteiger partial charge in [0.05, 0.1) is 11.6 Å². The Morgan fingerprint density at radius 3 is 2.58 bits per heavy atom. The molecular weight excluding hydrogens is 285 g/mol. The summed E-state index contributed by atoms with van der Waals surface area (Å²) in [6, 6.07) is 1.66. The van der Waals surface area contributed by atoms with Crippen molar-refractivity contribution in [2.24, 2.45) is 17.6 Å². The lowest BCUT2D eigenvalue weighted by molar-refractivity contribution is -0.120. The number of halogens is 2. The highest BCUT2D eigenvalue weighted by molar-refractivity contribution is 6.34. The lowest BCUT2D eigenvalue weighted by Crippen LogP contribution is -2.30. The van der Waals surface area contributed by atoms with E-state index in [1.54, 1.807) is 6.07 Å². The summed E-state index contributed by atoms with van der Waals surface area (Å²) < 4.78 is 0. The van der Waals surface area contributed by atoms with Gasteiger partial charge in [0, 0.05) is 6.54 Å². The molecule has 1 atom stereocenters. The Kier molecular flexibility index (Phi) is 6.04. The molecule has 0 spiro atoms. The van der Waals surface area contributed by atoms with E-state index in [9.17, 15) is 4.79 Å². The van der Waals surface area contributed by atoms with E-state index in [0.29, 0.717) is 23.3 Å². The van der Waals surface area contributed by atoms with Crippen molar-refractivity contribution in [3.05, 3.63) is 21.9 Å². The Morgan fingerprint density at radius 2 is 2.11 bits per heavy atom. The molecule has 1 amide bonds. The monoisotopic (exact) mass is 303 g/mol. The molecule has 0 aliphatic heterocycles. The van der Waals surface area contributed by atoms with Gasteiger partial charge in [-0.05, 0) is 30.9 Å². The molecule has 0 radical (unpaired) electrons. The number of carbonyl (C=O) groups excluding carboxylic acids is 1. The number of hydrogen-bond donors (Lipinski definition) is 2. The van der Waals surface area contributed by atoms with Gasteiger partial charge in [-0.1, -0.05) is 37.0 Å². The molecular formula is C13H19Cl2N3O. The van der Waals surface area contributed by atoms with Gasteiger partial charge in [-0.3, -0.25) is 4.79 Å². The van der Waals surface area contributed by atoms with Gasteiger partial charge >= 0.3 is 0 Å². The highest BCUT2D eigenvalue weighted by Crippen LogP contribution is 2.27. The Morgan fingerprint density at radius 1 is 1.47 bits per heavy atom. The van der Waals surface area contributed by atoms with E-state index in [4.69, 9.17) is 28.9 Å². The van der Waals surface area contributed by atoms with Crippen LogP contribution < -0.4 is 11.1 Å². The predicted octanol–water partition coefficient (Wildman–Crippen LogP) is 3.26. The molecule has 106 valence electrons. The van der Waals surface area contributed by atoms with Crippen LogP contribution in [0.4, 0.5) is 5.69 Å². The summed E-state index contributed by atoms with van der Waals surface area (Å²) in [7, 11) is 0. The topological polar surface area (TPSA) is 68.0 Å². The molecule has 0 aromatic carbocycles. The van der Waals surface area contributed by atoms with Crippen LogP contribution in [0.2, 0.25) is 10.3 Å². The van der Waals surface area contributed by atoms with Gasteiger partial charge in [-0.25, -0.2) is 4.98 Å². The molecule has 0 aliphatic carbocycles. The first-order chi connectivity index (χ1) is 8.85. The summed E-state index contributed by atoms with van der Waals surface area (Å²) in [5.74, 6) is 0.0377. The summed E-state index contributed by atoms with van der Waals surface area (Å²) in [4.78, 5) is 16.1. The SMILES string of the molecule is Cc1cc(Cl)nc(Cl)c1NC(=O)C(CN)CC(C)C. The highest BCUT2D eigenvalue weighted by Gasteiger charge is 2.20. The van der Waals surface area contributed by atoms with Crippen LogP contribution in [-0.2, 0) is 4.79 Å². The number of hydrogen-bond acceptors (Lipinski definition) is 3. The van der Waals surface area contributed by atoms with Crippen molar-refractivity contribution < 1.29 is 4.79 Å². The van der Waals surface area contributed by atoms with E-state index in [0.717, 1.165) is 12.0 Å². The maximum absolute atomic E-state index is 12.2. The second kappa shape index (κ2) is 7.08. The van der Waals surface area contributed by atoms with Gasteiger partial charge in [-0.2, -0.15) is 0 Å². The molecule has 0 saturated carbocycles. The minimum Gasteiger partial charge on any atom is -0.330 e. The number of anilines is 1. The highest BCUT2D eigenvalue weighted by atomic mass is 35.5. The minimum atomic E-state index is -0.230. The molecule has 4 nitrogen and oxygen atoms in total. The number of nitrogens with one attached hydrogen (secondary N) is 1. The molecule has 0 bridgehead atoms. The number of rotatable bonds is 5. The number of aryl methyl sites for hydroxylation is 1. The summed E-state index contributed by atoms with van der Waals surface area (Å²) in [6.07, 6.45) is 0.736. The van der Waals surface area contributed by atoms with Crippen LogP contribution in [0.1, 0.15) is 25.8 Å². The molecule has 1 aromatic rings. The van der Waals surface area contributed by atoms with E-state index < -0.39 is 0 Å². The van der Waals surface area contributed by atoms with Gasteiger partial charge in [0.15, 0.2) is 5.15 Å². The van der Waals surface area contributed by atoms with Gasteiger partial charge in [0.2, 0.25) is 5.91 Å².